The van der Waals surface area contributed by atoms with E-state index in [-0.39, 0.29) is 0 Å². The fourth-order valence-corrected chi connectivity index (χ4v) is 2.66. The summed E-state index contributed by atoms with van der Waals surface area (Å²) in [6.07, 6.45) is 3.69. The van der Waals surface area contributed by atoms with Gasteiger partial charge in [-0.3, -0.25) is 0 Å². The molecule has 2 rings (SSSR count). The average Bonchev–Trinajstić information content (AvgIpc) is 3.22. The van der Waals surface area contributed by atoms with Crippen molar-refractivity contribution >= 4 is 23.4 Å². The molecule has 0 spiro atoms. The van der Waals surface area contributed by atoms with Crippen LogP contribution in [-0.2, 0) is 6.54 Å². The quantitative estimate of drug-likeness (QED) is 0.693. The minimum absolute atomic E-state index is 0.702. The first-order chi connectivity index (χ1) is 9.29. The second-order valence-electron chi connectivity index (χ2n) is 4.81. The largest absolute Gasteiger partial charge is 0.493 e. The molecule has 0 bridgehead atoms. The van der Waals surface area contributed by atoms with Gasteiger partial charge in [-0.2, -0.15) is 11.8 Å². The molecule has 1 saturated carbocycles. The van der Waals surface area contributed by atoms with Gasteiger partial charge in [-0.05, 0) is 49.0 Å². The molecule has 0 unspecified atom stereocenters. The topological polar surface area (TPSA) is 21.3 Å². The van der Waals surface area contributed by atoms with Gasteiger partial charge in [-0.25, -0.2) is 0 Å². The molecule has 0 saturated heterocycles. The van der Waals surface area contributed by atoms with Crippen LogP contribution in [0.5, 0.6) is 5.75 Å². The van der Waals surface area contributed by atoms with Gasteiger partial charge in [0.1, 0.15) is 5.75 Å². The molecule has 1 fully saturated rings. The Balaban J connectivity index is 1.82. The van der Waals surface area contributed by atoms with Crippen molar-refractivity contribution in [2.24, 2.45) is 0 Å². The highest BCUT2D eigenvalue weighted by Crippen LogP contribution is 2.25. The summed E-state index contributed by atoms with van der Waals surface area (Å²) in [7, 11) is 0. The molecule has 4 heteroatoms. The Hall–Kier alpha value is -0.380. The number of thioether (sulfide) groups is 1. The lowest BCUT2D eigenvalue weighted by molar-refractivity contribution is 0.314. The zero-order chi connectivity index (χ0) is 13.5. The lowest BCUT2D eigenvalue weighted by atomic mass is 10.2. The first kappa shape index (κ1) is 15.0. The lowest BCUT2D eigenvalue weighted by Crippen LogP contribution is -2.16. The van der Waals surface area contributed by atoms with Crippen LogP contribution in [0.4, 0.5) is 0 Å². The molecule has 1 aromatic carbocycles. The van der Waals surface area contributed by atoms with Crippen LogP contribution >= 0.6 is 23.4 Å². The summed E-state index contributed by atoms with van der Waals surface area (Å²) < 4.78 is 5.88. The molecule has 1 aromatic rings. The number of rotatable bonds is 9. The zero-order valence-electron chi connectivity index (χ0n) is 11.5. The van der Waals surface area contributed by atoms with E-state index in [2.05, 4.69) is 12.2 Å². The van der Waals surface area contributed by atoms with Gasteiger partial charge in [0.05, 0.1) is 6.61 Å². The zero-order valence-corrected chi connectivity index (χ0v) is 13.0. The molecule has 0 aromatic heterocycles. The molecular formula is C15H22ClNOS. The second-order valence-corrected chi connectivity index (χ2v) is 6.64. The van der Waals surface area contributed by atoms with Gasteiger partial charge in [-0.1, -0.05) is 18.5 Å². The summed E-state index contributed by atoms with van der Waals surface area (Å²) in [6, 6.07) is 6.60. The fraction of sp³-hybridized carbons (Fsp3) is 0.600. The minimum Gasteiger partial charge on any atom is -0.493 e. The van der Waals surface area contributed by atoms with Gasteiger partial charge in [0.15, 0.2) is 0 Å². The maximum absolute atomic E-state index is 6.06. The van der Waals surface area contributed by atoms with Crippen LogP contribution in [-0.4, -0.2) is 24.2 Å². The summed E-state index contributed by atoms with van der Waals surface area (Å²) in [4.78, 5) is 0. The highest BCUT2D eigenvalue weighted by Gasteiger charge is 2.20. The van der Waals surface area contributed by atoms with Crippen LogP contribution in [0.1, 0.15) is 31.7 Å². The number of nitrogens with one attached hydrogen (secondary N) is 1. The van der Waals surface area contributed by atoms with Crippen molar-refractivity contribution in [2.75, 3.05) is 18.1 Å². The van der Waals surface area contributed by atoms with E-state index in [0.29, 0.717) is 6.04 Å². The standard InChI is InChI=1S/C15H22ClNOS/c1-2-19-9-3-8-18-15-7-4-13(16)10-12(15)11-17-14-5-6-14/h4,7,10,14,17H,2-3,5-6,8-9,11H2,1H3. The van der Waals surface area contributed by atoms with E-state index < -0.39 is 0 Å². The van der Waals surface area contributed by atoms with E-state index in [1.807, 2.05) is 30.0 Å². The molecule has 0 amide bonds. The van der Waals surface area contributed by atoms with Crippen LogP contribution in [0, 0.1) is 0 Å². The Morgan fingerprint density at radius 2 is 2.26 bits per heavy atom. The van der Waals surface area contributed by atoms with Crippen LogP contribution in [0.25, 0.3) is 0 Å². The van der Waals surface area contributed by atoms with Crippen LogP contribution in [0.15, 0.2) is 18.2 Å². The Morgan fingerprint density at radius 3 is 3.00 bits per heavy atom. The van der Waals surface area contributed by atoms with Crippen molar-refractivity contribution in [3.8, 4) is 5.75 Å². The van der Waals surface area contributed by atoms with E-state index >= 15 is 0 Å². The first-order valence-electron chi connectivity index (χ1n) is 7.02. The number of hydrogen-bond donors (Lipinski definition) is 1. The molecule has 1 aliphatic rings. The Kier molecular flexibility index (Phi) is 6.35. The third kappa shape index (κ3) is 5.64. The van der Waals surface area contributed by atoms with E-state index in [0.717, 1.165) is 30.3 Å². The van der Waals surface area contributed by atoms with E-state index in [1.54, 1.807) is 0 Å². The number of halogens is 1. The van der Waals surface area contributed by atoms with Gasteiger partial charge in [-0.15, -0.1) is 0 Å². The minimum atomic E-state index is 0.702. The van der Waals surface area contributed by atoms with E-state index in [9.17, 15) is 0 Å². The SMILES string of the molecule is CCSCCCOc1ccc(Cl)cc1CNC1CC1. The smallest absolute Gasteiger partial charge is 0.123 e. The van der Waals surface area contributed by atoms with E-state index in [1.165, 1.54) is 29.9 Å². The Morgan fingerprint density at radius 1 is 1.42 bits per heavy atom. The summed E-state index contributed by atoms with van der Waals surface area (Å²) in [5, 5.41) is 4.29. The van der Waals surface area contributed by atoms with Crippen molar-refractivity contribution in [1.82, 2.24) is 5.32 Å². The van der Waals surface area contributed by atoms with Crippen LogP contribution in [0.2, 0.25) is 5.02 Å². The molecule has 19 heavy (non-hydrogen) atoms. The van der Waals surface area contributed by atoms with Gasteiger partial charge in [0.25, 0.3) is 0 Å². The maximum atomic E-state index is 6.06. The summed E-state index contributed by atoms with van der Waals surface area (Å²) in [5.74, 6) is 3.32. The van der Waals surface area contributed by atoms with Crippen molar-refractivity contribution in [3.05, 3.63) is 28.8 Å². The van der Waals surface area contributed by atoms with Gasteiger partial charge in [0.2, 0.25) is 0 Å². The van der Waals surface area contributed by atoms with E-state index in [4.69, 9.17) is 16.3 Å². The molecular weight excluding hydrogens is 278 g/mol. The highest BCUT2D eigenvalue weighted by atomic mass is 35.5. The van der Waals surface area contributed by atoms with Crippen molar-refractivity contribution in [3.63, 3.8) is 0 Å². The lowest BCUT2D eigenvalue weighted by Gasteiger charge is -2.12. The summed E-state index contributed by atoms with van der Waals surface area (Å²) >= 11 is 8.02. The first-order valence-corrected chi connectivity index (χ1v) is 8.55. The third-order valence-electron chi connectivity index (χ3n) is 3.08. The van der Waals surface area contributed by atoms with Crippen molar-refractivity contribution in [2.45, 2.75) is 38.8 Å². The summed E-state index contributed by atoms with van der Waals surface area (Å²) in [5.41, 5.74) is 1.17. The van der Waals surface area contributed by atoms with Crippen LogP contribution < -0.4 is 10.1 Å². The van der Waals surface area contributed by atoms with Crippen LogP contribution in [0.3, 0.4) is 0 Å². The molecule has 0 aliphatic heterocycles. The molecule has 0 atom stereocenters. The normalized spacial score (nSPS) is 14.6. The number of benzene rings is 1. The Labute approximate surface area is 125 Å². The predicted molar refractivity (Wildman–Crippen MR) is 84.4 cm³/mol. The molecule has 1 N–H and O–H groups in total. The van der Waals surface area contributed by atoms with Gasteiger partial charge >= 0.3 is 0 Å². The molecule has 2 nitrogen and oxygen atoms in total. The third-order valence-corrected chi connectivity index (χ3v) is 4.30. The number of hydrogen-bond acceptors (Lipinski definition) is 3. The molecule has 1 aliphatic carbocycles. The Bertz CT molecular complexity index is 396. The molecule has 106 valence electrons. The molecule has 0 heterocycles. The van der Waals surface area contributed by atoms with Crippen molar-refractivity contribution < 1.29 is 4.74 Å². The number of ether oxygens (including phenoxy) is 1. The van der Waals surface area contributed by atoms with Gasteiger partial charge < -0.3 is 10.1 Å². The predicted octanol–water partition coefficient (Wildman–Crippen LogP) is 4.11. The van der Waals surface area contributed by atoms with Gasteiger partial charge in [0, 0.05) is 23.2 Å². The molecule has 0 radical (unpaired) electrons. The fourth-order valence-electron chi connectivity index (χ4n) is 1.86. The maximum Gasteiger partial charge on any atom is 0.123 e. The average molecular weight is 300 g/mol. The summed E-state index contributed by atoms with van der Waals surface area (Å²) in [6.45, 7) is 3.82. The second kappa shape index (κ2) is 8.03. The monoisotopic (exact) mass is 299 g/mol. The van der Waals surface area contributed by atoms with Crippen molar-refractivity contribution in [1.29, 1.82) is 0 Å². The highest BCUT2D eigenvalue weighted by molar-refractivity contribution is 7.99.